The van der Waals surface area contributed by atoms with E-state index >= 15 is 0 Å². The van der Waals surface area contributed by atoms with E-state index in [1.165, 1.54) is 0 Å². The van der Waals surface area contributed by atoms with Crippen LogP contribution in [0.2, 0.25) is 0 Å². The second kappa shape index (κ2) is 4.58. The lowest BCUT2D eigenvalue weighted by Gasteiger charge is -2.27. The summed E-state index contributed by atoms with van der Waals surface area (Å²) >= 11 is 3.23. The summed E-state index contributed by atoms with van der Waals surface area (Å²) in [5.74, 6) is -6.76. The summed E-state index contributed by atoms with van der Waals surface area (Å²) in [5.41, 5.74) is 0.651. The van der Waals surface area contributed by atoms with Gasteiger partial charge in [0.1, 0.15) is 0 Å². The van der Waals surface area contributed by atoms with Crippen molar-refractivity contribution in [2.75, 3.05) is 0 Å². The first-order valence-electron chi connectivity index (χ1n) is 6.48. The van der Waals surface area contributed by atoms with Gasteiger partial charge in [-0.15, -0.1) is 0 Å². The van der Waals surface area contributed by atoms with Crippen molar-refractivity contribution in [1.82, 2.24) is 0 Å². The summed E-state index contributed by atoms with van der Waals surface area (Å²) in [5, 5.41) is 18.5. The summed E-state index contributed by atoms with van der Waals surface area (Å²) < 4.78 is 27.7. The highest BCUT2D eigenvalue weighted by atomic mass is 79.9. The molecule has 3 nitrogen and oxygen atoms in total. The predicted octanol–water partition coefficient (Wildman–Crippen LogP) is 2.65. The predicted molar refractivity (Wildman–Crippen MR) is 70.8 cm³/mol. The Bertz CT molecular complexity index is 555. The van der Waals surface area contributed by atoms with Gasteiger partial charge in [-0.1, -0.05) is 6.42 Å². The molecule has 0 aromatic rings. The van der Waals surface area contributed by atoms with E-state index in [1.54, 1.807) is 0 Å². The van der Waals surface area contributed by atoms with Crippen LogP contribution in [-0.4, -0.2) is 21.8 Å². The number of carbonyl (C=O) groups is 1. The Morgan fingerprint density at radius 1 is 1.15 bits per heavy atom. The molecule has 2 unspecified atom stereocenters. The zero-order valence-corrected chi connectivity index (χ0v) is 12.0. The normalized spacial score (nSPS) is 33.4. The van der Waals surface area contributed by atoms with Crippen LogP contribution in [0.3, 0.4) is 0 Å². The highest BCUT2D eigenvalue weighted by Crippen LogP contribution is 2.51. The average Bonchev–Trinajstić information content (AvgIpc) is 2.92. The van der Waals surface area contributed by atoms with E-state index < -0.39 is 23.4 Å². The van der Waals surface area contributed by atoms with Gasteiger partial charge in [0.15, 0.2) is 17.4 Å². The Morgan fingerprint density at radius 3 is 2.30 bits per heavy atom. The van der Waals surface area contributed by atoms with Gasteiger partial charge < -0.3 is 10.2 Å². The molecule has 0 amide bonds. The van der Waals surface area contributed by atoms with Gasteiger partial charge in [0.25, 0.3) is 5.79 Å². The minimum absolute atomic E-state index is 0.0140. The molecule has 3 aliphatic rings. The molecule has 0 aromatic carbocycles. The Morgan fingerprint density at radius 2 is 1.70 bits per heavy atom. The molecule has 0 saturated heterocycles. The first kappa shape index (κ1) is 14.1. The van der Waals surface area contributed by atoms with Gasteiger partial charge >= 0.3 is 0 Å². The summed E-state index contributed by atoms with van der Waals surface area (Å²) in [4.78, 5) is 12.1. The van der Waals surface area contributed by atoms with Crippen LogP contribution in [-0.2, 0) is 4.79 Å². The SMILES string of the molecule is O=C1C(Br)=C(C2C=C(F)C(O)(O)C(F)=C2)C2CCCC12. The molecular formula is C14H13BrF2O3. The van der Waals surface area contributed by atoms with Gasteiger partial charge in [-0.3, -0.25) is 4.79 Å². The largest absolute Gasteiger partial charge is 0.355 e. The number of rotatable bonds is 1. The fraction of sp³-hybridized carbons (Fsp3) is 0.500. The molecular weight excluding hydrogens is 334 g/mol. The highest BCUT2D eigenvalue weighted by Gasteiger charge is 2.47. The van der Waals surface area contributed by atoms with Crippen LogP contribution >= 0.6 is 15.9 Å². The number of allylic oxidation sites excluding steroid dienone is 4. The zero-order valence-electron chi connectivity index (χ0n) is 10.4. The molecule has 108 valence electrons. The zero-order chi connectivity index (χ0) is 14.7. The molecule has 2 atom stereocenters. The lowest BCUT2D eigenvalue weighted by Crippen LogP contribution is -2.33. The minimum Gasteiger partial charge on any atom is -0.355 e. The monoisotopic (exact) mass is 346 g/mol. The van der Waals surface area contributed by atoms with E-state index in [0.29, 0.717) is 10.1 Å². The Kier molecular flexibility index (Phi) is 3.23. The second-order valence-corrected chi connectivity index (χ2v) is 6.30. The topological polar surface area (TPSA) is 57.5 Å². The molecule has 3 rings (SSSR count). The first-order valence-corrected chi connectivity index (χ1v) is 7.27. The van der Waals surface area contributed by atoms with Crippen molar-refractivity contribution in [3.63, 3.8) is 0 Å². The molecule has 3 aliphatic carbocycles. The number of carbonyl (C=O) groups excluding carboxylic acids is 1. The third kappa shape index (κ3) is 1.85. The van der Waals surface area contributed by atoms with Crippen molar-refractivity contribution in [1.29, 1.82) is 0 Å². The maximum Gasteiger partial charge on any atom is 0.271 e. The smallest absolute Gasteiger partial charge is 0.271 e. The van der Waals surface area contributed by atoms with Crippen LogP contribution in [0.15, 0.2) is 33.9 Å². The van der Waals surface area contributed by atoms with E-state index in [9.17, 15) is 23.8 Å². The van der Waals surface area contributed by atoms with Crippen molar-refractivity contribution >= 4 is 21.7 Å². The molecule has 0 spiro atoms. The summed E-state index contributed by atoms with van der Waals surface area (Å²) in [6.07, 6.45) is 4.45. The third-order valence-corrected chi connectivity index (χ3v) is 5.25. The molecule has 1 fully saturated rings. The molecule has 0 heterocycles. The lowest BCUT2D eigenvalue weighted by molar-refractivity contribution is -0.126. The number of fused-ring (bicyclic) bond motifs is 1. The summed E-state index contributed by atoms with van der Waals surface area (Å²) in [7, 11) is 0. The Hall–Kier alpha value is -0.850. The van der Waals surface area contributed by atoms with E-state index in [4.69, 9.17) is 0 Å². The van der Waals surface area contributed by atoms with Gasteiger partial charge in [0.2, 0.25) is 0 Å². The maximum absolute atomic E-state index is 13.6. The average molecular weight is 347 g/mol. The number of Topliss-reactive ketones (excluding diaryl/α,β-unsaturated/α-hetero) is 1. The number of halogens is 3. The van der Waals surface area contributed by atoms with E-state index in [-0.39, 0.29) is 17.6 Å². The lowest BCUT2D eigenvalue weighted by atomic mass is 9.83. The van der Waals surface area contributed by atoms with E-state index in [0.717, 1.165) is 31.4 Å². The third-order valence-electron chi connectivity index (χ3n) is 4.40. The number of aliphatic hydroxyl groups is 2. The maximum atomic E-state index is 13.6. The van der Waals surface area contributed by atoms with Crippen molar-refractivity contribution in [3.8, 4) is 0 Å². The molecule has 2 N–H and O–H groups in total. The molecule has 1 saturated carbocycles. The van der Waals surface area contributed by atoms with Crippen LogP contribution in [0.1, 0.15) is 19.3 Å². The first-order chi connectivity index (χ1) is 9.34. The Balaban J connectivity index is 2.02. The Labute approximate surface area is 122 Å². The summed E-state index contributed by atoms with van der Waals surface area (Å²) in [6, 6.07) is 0. The highest BCUT2D eigenvalue weighted by molar-refractivity contribution is 9.12. The fourth-order valence-corrected chi connectivity index (χ4v) is 4.25. The molecule has 20 heavy (non-hydrogen) atoms. The van der Waals surface area contributed by atoms with Crippen LogP contribution in [0.25, 0.3) is 0 Å². The van der Waals surface area contributed by atoms with Gasteiger partial charge in [0.05, 0.1) is 4.48 Å². The van der Waals surface area contributed by atoms with Crippen LogP contribution in [0, 0.1) is 17.8 Å². The quantitative estimate of drug-likeness (QED) is 0.717. The number of hydrogen-bond acceptors (Lipinski definition) is 3. The van der Waals surface area contributed by atoms with Crippen LogP contribution in [0.5, 0.6) is 0 Å². The van der Waals surface area contributed by atoms with Crippen LogP contribution in [0.4, 0.5) is 8.78 Å². The van der Waals surface area contributed by atoms with Gasteiger partial charge in [-0.25, -0.2) is 8.78 Å². The number of hydrogen-bond donors (Lipinski definition) is 2. The van der Waals surface area contributed by atoms with Crippen molar-refractivity contribution in [2.45, 2.75) is 25.0 Å². The molecule has 6 heteroatoms. The molecule has 0 radical (unpaired) electrons. The molecule has 0 bridgehead atoms. The van der Waals surface area contributed by atoms with Crippen molar-refractivity contribution < 1.29 is 23.8 Å². The van der Waals surface area contributed by atoms with Gasteiger partial charge in [-0.05, 0) is 52.4 Å². The van der Waals surface area contributed by atoms with E-state index in [2.05, 4.69) is 15.9 Å². The number of ketones is 1. The van der Waals surface area contributed by atoms with Crippen LogP contribution < -0.4 is 0 Å². The molecule has 0 aliphatic heterocycles. The van der Waals surface area contributed by atoms with Crippen molar-refractivity contribution in [3.05, 3.63) is 33.9 Å². The van der Waals surface area contributed by atoms with Crippen molar-refractivity contribution in [2.24, 2.45) is 17.8 Å². The fourth-order valence-electron chi connectivity index (χ4n) is 3.40. The van der Waals surface area contributed by atoms with Gasteiger partial charge in [0, 0.05) is 11.8 Å². The standard InChI is InChI=1S/C14H13BrF2O3/c15-12-11(7-2-1-3-8(7)13(12)18)6-4-9(16)14(19,20)10(17)5-6/h4-8,19-20H,1-3H2. The minimum atomic E-state index is -3.18. The van der Waals surface area contributed by atoms with E-state index in [1.807, 2.05) is 0 Å². The second-order valence-electron chi connectivity index (χ2n) is 5.50. The van der Waals surface area contributed by atoms with Gasteiger partial charge in [-0.2, -0.15) is 0 Å². The summed E-state index contributed by atoms with van der Waals surface area (Å²) in [6.45, 7) is 0. The molecule has 0 aromatic heterocycles.